The summed E-state index contributed by atoms with van der Waals surface area (Å²) in [7, 11) is 1.73. The number of benzene rings is 1. The van der Waals surface area contributed by atoms with Gasteiger partial charge in [0.2, 0.25) is 0 Å². The summed E-state index contributed by atoms with van der Waals surface area (Å²) >= 11 is 0. The Bertz CT molecular complexity index is 524. The maximum Gasteiger partial charge on any atom is 0.119 e. The predicted octanol–water partition coefficient (Wildman–Crippen LogP) is 4.56. The molecule has 0 aliphatic heterocycles. The fourth-order valence-electron chi connectivity index (χ4n) is 4.76. The highest BCUT2D eigenvalue weighted by molar-refractivity contribution is 5.30. The number of hydrogen-bond donors (Lipinski definition) is 1. The van der Waals surface area contributed by atoms with E-state index in [1.165, 1.54) is 24.8 Å². The summed E-state index contributed by atoms with van der Waals surface area (Å²) in [5.41, 5.74) is 2.22. The first-order valence-corrected chi connectivity index (χ1v) is 8.28. The second kappa shape index (κ2) is 5.01. The fourth-order valence-corrected chi connectivity index (χ4v) is 4.76. The lowest BCUT2D eigenvalue weighted by Crippen LogP contribution is -2.45. The van der Waals surface area contributed by atoms with Crippen LogP contribution >= 0.6 is 0 Å². The monoisotopic (exact) mass is 287 g/mol. The van der Waals surface area contributed by atoms with Crippen molar-refractivity contribution >= 4 is 0 Å². The zero-order valence-corrected chi connectivity index (χ0v) is 14.1. The van der Waals surface area contributed by atoms with Gasteiger partial charge < -0.3 is 10.1 Å². The van der Waals surface area contributed by atoms with Crippen molar-refractivity contribution in [2.45, 2.75) is 59.0 Å². The lowest BCUT2D eigenvalue weighted by atomic mass is 9.69. The molecule has 4 unspecified atom stereocenters. The largest absolute Gasteiger partial charge is 0.497 e. The molecule has 4 atom stereocenters. The van der Waals surface area contributed by atoms with E-state index in [2.05, 4.69) is 51.2 Å². The molecule has 1 aromatic rings. The molecule has 116 valence electrons. The molecule has 1 N–H and O–H groups in total. The predicted molar refractivity (Wildman–Crippen MR) is 87.6 cm³/mol. The van der Waals surface area contributed by atoms with E-state index in [0.717, 1.165) is 11.7 Å². The third-order valence-corrected chi connectivity index (χ3v) is 6.84. The molecule has 0 spiro atoms. The second-order valence-corrected chi connectivity index (χ2v) is 7.83. The molecule has 0 aromatic heterocycles. The molecule has 21 heavy (non-hydrogen) atoms. The van der Waals surface area contributed by atoms with Gasteiger partial charge in [0, 0.05) is 12.1 Å². The Morgan fingerprint density at radius 3 is 2.62 bits per heavy atom. The fraction of sp³-hybridized carbons (Fsp3) is 0.684. The van der Waals surface area contributed by atoms with Gasteiger partial charge in [0.25, 0.3) is 0 Å². The van der Waals surface area contributed by atoms with Crippen LogP contribution in [0, 0.1) is 16.7 Å². The van der Waals surface area contributed by atoms with Crippen molar-refractivity contribution < 1.29 is 4.74 Å². The number of fused-ring (bicyclic) bond motifs is 2. The highest BCUT2D eigenvalue weighted by atomic mass is 16.5. The van der Waals surface area contributed by atoms with Gasteiger partial charge in [-0.15, -0.1) is 0 Å². The number of rotatable bonds is 4. The van der Waals surface area contributed by atoms with Crippen LogP contribution in [0.4, 0.5) is 0 Å². The van der Waals surface area contributed by atoms with Gasteiger partial charge in [-0.2, -0.15) is 0 Å². The summed E-state index contributed by atoms with van der Waals surface area (Å²) in [4.78, 5) is 0. The van der Waals surface area contributed by atoms with Gasteiger partial charge in [-0.25, -0.2) is 0 Å². The lowest BCUT2D eigenvalue weighted by Gasteiger charge is -2.40. The summed E-state index contributed by atoms with van der Waals surface area (Å²) < 4.78 is 5.35. The van der Waals surface area contributed by atoms with Crippen LogP contribution in [0.3, 0.4) is 0 Å². The Morgan fingerprint density at radius 2 is 2.05 bits per heavy atom. The molecular weight excluding hydrogens is 258 g/mol. The van der Waals surface area contributed by atoms with E-state index in [4.69, 9.17) is 4.74 Å². The zero-order valence-electron chi connectivity index (χ0n) is 14.1. The first-order valence-electron chi connectivity index (χ1n) is 8.28. The van der Waals surface area contributed by atoms with Gasteiger partial charge in [-0.3, -0.25) is 0 Å². The minimum absolute atomic E-state index is 0.372. The molecule has 2 heteroatoms. The van der Waals surface area contributed by atoms with Gasteiger partial charge in [0.15, 0.2) is 0 Å². The highest BCUT2D eigenvalue weighted by Gasteiger charge is 2.61. The van der Waals surface area contributed by atoms with Crippen LogP contribution in [0.25, 0.3) is 0 Å². The van der Waals surface area contributed by atoms with Crippen LogP contribution in [0.2, 0.25) is 0 Å². The zero-order chi connectivity index (χ0) is 15.3. The summed E-state index contributed by atoms with van der Waals surface area (Å²) in [6.45, 7) is 9.72. The van der Waals surface area contributed by atoms with Gasteiger partial charge in [-0.1, -0.05) is 32.9 Å². The van der Waals surface area contributed by atoms with Crippen molar-refractivity contribution in [2.75, 3.05) is 7.11 Å². The SMILES string of the molecule is COc1cccc(C(C)NC2CC3CCC2(C)C3(C)C)c1. The highest BCUT2D eigenvalue weighted by Crippen LogP contribution is 2.65. The van der Waals surface area contributed by atoms with E-state index in [9.17, 15) is 0 Å². The van der Waals surface area contributed by atoms with E-state index >= 15 is 0 Å². The van der Waals surface area contributed by atoms with Gasteiger partial charge in [0.1, 0.15) is 5.75 Å². The molecule has 0 saturated heterocycles. The molecule has 0 amide bonds. The Kier molecular flexibility index (Phi) is 3.56. The first kappa shape index (κ1) is 14.9. The summed E-state index contributed by atoms with van der Waals surface area (Å²) in [5, 5.41) is 3.92. The smallest absolute Gasteiger partial charge is 0.119 e. The summed E-state index contributed by atoms with van der Waals surface area (Å²) in [5.74, 6) is 1.83. The summed E-state index contributed by atoms with van der Waals surface area (Å²) in [6, 6.07) is 9.44. The van der Waals surface area contributed by atoms with E-state index < -0.39 is 0 Å². The van der Waals surface area contributed by atoms with Crippen LogP contribution in [0.1, 0.15) is 58.6 Å². The molecule has 2 fully saturated rings. The van der Waals surface area contributed by atoms with E-state index in [-0.39, 0.29) is 0 Å². The quantitative estimate of drug-likeness (QED) is 0.876. The summed E-state index contributed by atoms with van der Waals surface area (Å²) in [6.07, 6.45) is 4.11. The molecular formula is C19H29NO. The average Bonchev–Trinajstić information content (AvgIpc) is 2.80. The Morgan fingerprint density at radius 1 is 1.29 bits per heavy atom. The molecule has 0 radical (unpaired) electrons. The molecule has 2 aliphatic carbocycles. The maximum absolute atomic E-state index is 5.35. The Labute approximate surface area is 129 Å². The van der Waals surface area contributed by atoms with Crippen LogP contribution in [-0.4, -0.2) is 13.2 Å². The van der Waals surface area contributed by atoms with Crippen molar-refractivity contribution in [1.82, 2.24) is 5.32 Å². The van der Waals surface area contributed by atoms with Crippen molar-refractivity contribution in [3.05, 3.63) is 29.8 Å². The van der Waals surface area contributed by atoms with Crippen LogP contribution in [-0.2, 0) is 0 Å². The third-order valence-electron chi connectivity index (χ3n) is 6.84. The van der Waals surface area contributed by atoms with Crippen molar-refractivity contribution in [1.29, 1.82) is 0 Å². The molecule has 2 aliphatic rings. The minimum atomic E-state index is 0.372. The third kappa shape index (κ3) is 2.19. The van der Waals surface area contributed by atoms with E-state index in [1.54, 1.807) is 7.11 Å². The number of nitrogens with one attached hydrogen (secondary N) is 1. The molecule has 2 saturated carbocycles. The maximum atomic E-state index is 5.35. The standard InChI is InChI=1S/C19H29NO/c1-13(14-7-6-8-16(11-14)21-5)20-17-12-15-9-10-19(17,4)18(15,2)3/h6-8,11,13,15,17,20H,9-10,12H2,1-5H3. The van der Waals surface area contributed by atoms with Crippen molar-refractivity contribution in [2.24, 2.45) is 16.7 Å². The second-order valence-electron chi connectivity index (χ2n) is 7.83. The van der Waals surface area contributed by atoms with Gasteiger partial charge in [-0.05, 0) is 60.6 Å². The number of methoxy groups -OCH3 is 1. The normalized spacial score (nSPS) is 34.9. The van der Waals surface area contributed by atoms with Crippen LogP contribution < -0.4 is 10.1 Å². The molecule has 2 nitrogen and oxygen atoms in total. The first-order chi connectivity index (χ1) is 9.88. The number of hydrogen-bond acceptors (Lipinski definition) is 2. The van der Waals surface area contributed by atoms with Gasteiger partial charge >= 0.3 is 0 Å². The average molecular weight is 287 g/mol. The Hall–Kier alpha value is -1.02. The van der Waals surface area contributed by atoms with Crippen molar-refractivity contribution in [3.8, 4) is 5.75 Å². The molecule has 3 rings (SSSR count). The molecule has 0 heterocycles. The van der Waals surface area contributed by atoms with Crippen LogP contribution in [0.15, 0.2) is 24.3 Å². The molecule has 1 aromatic carbocycles. The van der Waals surface area contributed by atoms with Gasteiger partial charge in [0.05, 0.1) is 7.11 Å². The lowest BCUT2D eigenvalue weighted by molar-refractivity contribution is 0.116. The Balaban J connectivity index is 1.75. The van der Waals surface area contributed by atoms with Crippen molar-refractivity contribution in [3.63, 3.8) is 0 Å². The molecule has 2 bridgehead atoms. The van der Waals surface area contributed by atoms with Crippen LogP contribution in [0.5, 0.6) is 5.75 Å². The minimum Gasteiger partial charge on any atom is -0.497 e. The van der Waals surface area contributed by atoms with E-state index in [1.807, 2.05) is 6.07 Å². The topological polar surface area (TPSA) is 21.3 Å². The van der Waals surface area contributed by atoms with E-state index in [0.29, 0.717) is 22.9 Å². The number of ether oxygens (including phenoxy) is 1.